The molecule has 1 unspecified atom stereocenters. The van der Waals surface area contributed by atoms with Crippen LogP contribution in [0, 0.1) is 6.92 Å². The summed E-state index contributed by atoms with van der Waals surface area (Å²) in [5.74, 6) is 0. The Labute approximate surface area is 139 Å². The second-order valence-electron chi connectivity index (χ2n) is 6.59. The van der Waals surface area contributed by atoms with E-state index in [1.54, 1.807) is 0 Å². The maximum Gasteiger partial charge on any atom is 0.0620 e. The molecule has 3 nitrogen and oxygen atoms in total. The van der Waals surface area contributed by atoms with Gasteiger partial charge in [-0.15, -0.1) is 0 Å². The Morgan fingerprint density at radius 1 is 1.00 bits per heavy atom. The zero-order valence-corrected chi connectivity index (χ0v) is 14.6. The quantitative estimate of drug-likeness (QED) is 0.839. The normalized spacial score (nSPS) is 22.2. The van der Waals surface area contributed by atoms with Crippen molar-refractivity contribution in [3.63, 3.8) is 0 Å². The smallest absolute Gasteiger partial charge is 0.0620 e. The van der Waals surface area contributed by atoms with Crippen molar-refractivity contribution in [1.29, 1.82) is 0 Å². The molecular formula is C18H28ClN3. The maximum absolute atomic E-state index is 6.18. The molecule has 0 N–H and O–H groups in total. The van der Waals surface area contributed by atoms with Crippen molar-refractivity contribution in [2.24, 2.45) is 0 Å². The summed E-state index contributed by atoms with van der Waals surface area (Å²) in [5.41, 5.74) is 2.63. The summed E-state index contributed by atoms with van der Waals surface area (Å²) in [6, 6.07) is 6.23. The van der Waals surface area contributed by atoms with Gasteiger partial charge < -0.3 is 4.90 Å². The summed E-state index contributed by atoms with van der Waals surface area (Å²) in [7, 11) is 0. The Hall–Kier alpha value is -0.770. The summed E-state index contributed by atoms with van der Waals surface area (Å²) in [6.07, 6.45) is 4.62. The van der Waals surface area contributed by atoms with Gasteiger partial charge in [0, 0.05) is 36.9 Å². The van der Waals surface area contributed by atoms with Crippen LogP contribution in [0.1, 0.15) is 31.7 Å². The Balaban J connectivity index is 1.63. The van der Waals surface area contributed by atoms with Gasteiger partial charge in [-0.1, -0.05) is 24.6 Å². The number of benzene rings is 1. The molecule has 1 aromatic carbocycles. The minimum absolute atomic E-state index is 0.644. The van der Waals surface area contributed by atoms with Crippen LogP contribution in [-0.2, 0) is 0 Å². The van der Waals surface area contributed by atoms with Gasteiger partial charge in [0.1, 0.15) is 0 Å². The molecule has 2 aliphatic heterocycles. The molecule has 22 heavy (non-hydrogen) atoms. The van der Waals surface area contributed by atoms with Gasteiger partial charge in [0.2, 0.25) is 0 Å². The van der Waals surface area contributed by atoms with Crippen molar-refractivity contribution in [3.8, 4) is 0 Å². The number of halogens is 1. The lowest BCUT2D eigenvalue weighted by molar-refractivity contribution is 0.0515. The number of rotatable bonds is 4. The van der Waals surface area contributed by atoms with Gasteiger partial charge in [-0.2, -0.15) is 0 Å². The maximum atomic E-state index is 6.18. The first-order valence-electron chi connectivity index (χ1n) is 8.68. The molecule has 2 fully saturated rings. The average molecular weight is 322 g/mol. The lowest BCUT2D eigenvalue weighted by Crippen LogP contribution is -2.55. The molecule has 1 atom stereocenters. The zero-order chi connectivity index (χ0) is 15.5. The van der Waals surface area contributed by atoms with E-state index in [9.17, 15) is 0 Å². The summed E-state index contributed by atoms with van der Waals surface area (Å²) in [5, 5.41) is 0.839. The van der Waals surface area contributed by atoms with E-state index in [0.29, 0.717) is 6.17 Å². The van der Waals surface area contributed by atoms with Gasteiger partial charge in [0.05, 0.1) is 6.17 Å². The predicted octanol–water partition coefficient (Wildman–Crippen LogP) is 3.60. The van der Waals surface area contributed by atoms with E-state index in [4.69, 9.17) is 11.6 Å². The third kappa shape index (κ3) is 3.42. The summed E-state index contributed by atoms with van der Waals surface area (Å²) in [6.45, 7) is 11.6. The number of hydrogen-bond donors (Lipinski definition) is 0. The predicted molar refractivity (Wildman–Crippen MR) is 94.9 cm³/mol. The summed E-state index contributed by atoms with van der Waals surface area (Å²) < 4.78 is 0. The lowest BCUT2D eigenvalue weighted by Gasteiger charge is -2.43. The van der Waals surface area contributed by atoms with Crippen molar-refractivity contribution < 1.29 is 0 Å². The standard InChI is InChI=1S/C18H28ClN3/c1-3-18(21-8-4-5-9-21)22-12-10-20(11-13-22)17-14-16(19)7-6-15(17)2/h6-7,14,18H,3-5,8-13H2,1-2H3. The van der Waals surface area contributed by atoms with Crippen LogP contribution in [0.15, 0.2) is 18.2 Å². The molecule has 2 aliphatic rings. The van der Waals surface area contributed by atoms with Gasteiger partial charge in [-0.05, 0) is 57.0 Å². The zero-order valence-electron chi connectivity index (χ0n) is 13.9. The highest BCUT2D eigenvalue weighted by Crippen LogP contribution is 2.26. The number of anilines is 1. The highest BCUT2D eigenvalue weighted by Gasteiger charge is 2.29. The monoisotopic (exact) mass is 321 g/mol. The van der Waals surface area contributed by atoms with Crippen LogP contribution in [0.25, 0.3) is 0 Å². The summed E-state index contributed by atoms with van der Waals surface area (Å²) in [4.78, 5) is 7.86. The first-order chi connectivity index (χ1) is 10.7. The number of hydrogen-bond acceptors (Lipinski definition) is 3. The Morgan fingerprint density at radius 2 is 1.64 bits per heavy atom. The fourth-order valence-electron chi connectivity index (χ4n) is 3.97. The SMILES string of the molecule is CCC(N1CCCC1)N1CCN(c2cc(Cl)ccc2C)CC1. The van der Waals surface area contributed by atoms with Gasteiger partial charge in [0.15, 0.2) is 0 Å². The fourth-order valence-corrected chi connectivity index (χ4v) is 4.14. The molecule has 4 heteroatoms. The Kier molecular flexibility index (Phi) is 5.27. The van der Waals surface area contributed by atoms with E-state index in [-0.39, 0.29) is 0 Å². The van der Waals surface area contributed by atoms with E-state index in [1.807, 2.05) is 6.07 Å². The van der Waals surface area contributed by atoms with Gasteiger partial charge in [0.25, 0.3) is 0 Å². The number of aryl methyl sites for hydroxylation is 1. The fraction of sp³-hybridized carbons (Fsp3) is 0.667. The molecule has 0 aliphatic carbocycles. The van der Waals surface area contributed by atoms with Crippen LogP contribution in [0.2, 0.25) is 5.02 Å². The third-order valence-electron chi connectivity index (χ3n) is 5.17. The summed E-state index contributed by atoms with van der Waals surface area (Å²) >= 11 is 6.18. The molecule has 2 heterocycles. The highest BCUT2D eigenvalue weighted by molar-refractivity contribution is 6.30. The molecule has 2 saturated heterocycles. The molecule has 1 aromatic rings. The van der Waals surface area contributed by atoms with Crippen LogP contribution in [-0.4, -0.2) is 55.2 Å². The van der Waals surface area contributed by atoms with Crippen molar-refractivity contribution in [1.82, 2.24) is 9.80 Å². The molecule has 122 valence electrons. The van der Waals surface area contributed by atoms with Crippen LogP contribution in [0.4, 0.5) is 5.69 Å². The van der Waals surface area contributed by atoms with Gasteiger partial charge >= 0.3 is 0 Å². The first-order valence-corrected chi connectivity index (χ1v) is 9.06. The van der Waals surface area contributed by atoms with Crippen molar-refractivity contribution in [2.45, 2.75) is 39.3 Å². The lowest BCUT2D eigenvalue weighted by atomic mass is 10.1. The number of nitrogens with zero attached hydrogens (tertiary/aromatic N) is 3. The van der Waals surface area contributed by atoms with Gasteiger partial charge in [-0.3, -0.25) is 9.80 Å². The minimum atomic E-state index is 0.644. The average Bonchev–Trinajstić information content (AvgIpc) is 3.05. The molecule has 0 bridgehead atoms. The van der Waals surface area contributed by atoms with Crippen LogP contribution >= 0.6 is 11.6 Å². The van der Waals surface area contributed by atoms with E-state index in [0.717, 1.165) is 31.2 Å². The van der Waals surface area contributed by atoms with E-state index >= 15 is 0 Å². The largest absolute Gasteiger partial charge is 0.369 e. The molecule has 0 aromatic heterocycles. The molecule has 0 radical (unpaired) electrons. The molecule has 0 saturated carbocycles. The Bertz CT molecular complexity index is 491. The second-order valence-corrected chi connectivity index (χ2v) is 7.02. The first kappa shape index (κ1) is 16.1. The van der Waals surface area contributed by atoms with Crippen molar-refractivity contribution >= 4 is 17.3 Å². The second kappa shape index (κ2) is 7.20. The molecule has 0 amide bonds. The van der Waals surface area contributed by atoms with Crippen molar-refractivity contribution in [2.75, 3.05) is 44.2 Å². The molecular weight excluding hydrogens is 294 g/mol. The van der Waals surface area contributed by atoms with Crippen LogP contribution in [0.5, 0.6) is 0 Å². The van der Waals surface area contributed by atoms with Gasteiger partial charge in [-0.25, -0.2) is 0 Å². The Morgan fingerprint density at radius 3 is 2.27 bits per heavy atom. The van der Waals surface area contributed by atoms with E-state index < -0.39 is 0 Å². The minimum Gasteiger partial charge on any atom is -0.369 e. The third-order valence-corrected chi connectivity index (χ3v) is 5.41. The molecule has 0 spiro atoms. The highest BCUT2D eigenvalue weighted by atomic mass is 35.5. The molecule has 3 rings (SSSR count). The van der Waals surface area contributed by atoms with Crippen LogP contribution < -0.4 is 4.90 Å². The van der Waals surface area contributed by atoms with E-state index in [2.05, 4.69) is 40.7 Å². The van der Waals surface area contributed by atoms with E-state index in [1.165, 1.54) is 43.6 Å². The van der Waals surface area contributed by atoms with Crippen molar-refractivity contribution in [3.05, 3.63) is 28.8 Å². The number of piperazine rings is 1. The van der Waals surface area contributed by atoms with Crippen LogP contribution in [0.3, 0.4) is 0 Å². The topological polar surface area (TPSA) is 9.72 Å². The number of likely N-dealkylation sites (tertiary alicyclic amines) is 1.